The lowest BCUT2D eigenvalue weighted by Gasteiger charge is -2.36. The van der Waals surface area contributed by atoms with Gasteiger partial charge in [-0.15, -0.1) is 0 Å². The predicted molar refractivity (Wildman–Crippen MR) is 78.0 cm³/mol. The van der Waals surface area contributed by atoms with Gasteiger partial charge in [0.2, 0.25) is 5.91 Å². The number of nitrogens with one attached hydrogen (secondary N) is 1. The van der Waals surface area contributed by atoms with Crippen molar-refractivity contribution in [3.8, 4) is 0 Å². The summed E-state index contributed by atoms with van der Waals surface area (Å²) in [4.78, 5) is 13.6. The van der Waals surface area contributed by atoms with Crippen molar-refractivity contribution >= 4 is 27.5 Å². The number of carbonyl (C=O) groups excluding carboxylic acids is 1. The van der Waals surface area contributed by atoms with Crippen molar-refractivity contribution in [2.75, 3.05) is 31.7 Å². The third-order valence-electron chi connectivity index (χ3n) is 3.35. The zero-order valence-corrected chi connectivity index (χ0v) is 12.7. The van der Waals surface area contributed by atoms with Crippen LogP contribution in [0.15, 0.2) is 16.6 Å². The third-order valence-corrected chi connectivity index (χ3v) is 4.21. The van der Waals surface area contributed by atoms with Gasteiger partial charge in [0.15, 0.2) is 5.82 Å². The molecular formula is C13H17BrFN3O2. The maximum atomic E-state index is 14.5. The number of carbonyl (C=O) groups is 1. The van der Waals surface area contributed by atoms with Crippen LogP contribution in [0.5, 0.6) is 0 Å². The molecule has 1 aromatic carbocycles. The maximum Gasteiger partial charge on any atom is 0.244 e. The number of amides is 1. The van der Waals surface area contributed by atoms with Crippen molar-refractivity contribution in [2.24, 2.45) is 5.73 Å². The van der Waals surface area contributed by atoms with E-state index in [1.807, 2.05) is 0 Å². The highest BCUT2D eigenvalue weighted by Crippen LogP contribution is 2.31. The summed E-state index contributed by atoms with van der Waals surface area (Å²) in [6.07, 6.45) is 0. The van der Waals surface area contributed by atoms with E-state index in [-0.39, 0.29) is 19.1 Å². The van der Waals surface area contributed by atoms with Crippen LogP contribution in [0.4, 0.5) is 10.1 Å². The molecule has 0 spiro atoms. The Balaban J connectivity index is 2.38. The molecule has 20 heavy (non-hydrogen) atoms. The molecule has 0 bridgehead atoms. The van der Waals surface area contributed by atoms with Crippen LogP contribution in [-0.4, -0.2) is 38.8 Å². The molecule has 0 radical (unpaired) electrons. The fraction of sp³-hybridized carbons (Fsp3) is 0.462. The van der Waals surface area contributed by atoms with Crippen LogP contribution in [-0.2, 0) is 16.1 Å². The van der Waals surface area contributed by atoms with E-state index in [1.54, 1.807) is 24.1 Å². The number of nitrogens with two attached hydrogens (primary N) is 1. The second-order valence-corrected chi connectivity index (χ2v) is 5.27. The average Bonchev–Trinajstić information content (AvgIpc) is 2.49. The number of nitrogens with zero attached hydrogens (tertiary/aromatic N) is 1. The molecule has 1 aromatic rings. The summed E-state index contributed by atoms with van der Waals surface area (Å²) in [6.45, 7) is 1.42. The molecule has 3 N–H and O–H groups in total. The molecule has 0 aliphatic carbocycles. The van der Waals surface area contributed by atoms with E-state index < -0.39 is 11.9 Å². The minimum absolute atomic E-state index is 0.192. The van der Waals surface area contributed by atoms with Gasteiger partial charge in [-0.05, 0) is 27.6 Å². The quantitative estimate of drug-likeness (QED) is 0.857. The molecule has 1 fully saturated rings. The Kier molecular flexibility index (Phi) is 4.95. The van der Waals surface area contributed by atoms with Gasteiger partial charge in [-0.2, -0.15) is 0 Å². The summed E-state index contributed by atoms with van der Waals surface area (Å²) < 4.78 is 20.1. The van der Waals surface area contributed by atoms with Gasteiger partial charge in [0, 0.05) is 20.1 Å². The van der Waals surface area contributed by atoms with Crippen LogP contribution in [0.2, 0.25) is 0 Å². The summed E-state index contributed by atoms with van der Waals surface area (Å²) in [5.74, 6) is -0.591. The minimum atomic E-state index is -0.529. The zero-order chi connectivity index (χ0) is 14.7. The Morgan fingerprint density at radius 3 is 3.05 bits per heavy atom. The van der Waals surface area contributed by atoms with Gasteiger partial charge in [-0.25, -0.2) is 4.39 Å². The monoisotopic (exact) mass is 345 g/mol. The van der Waals surface area contributed by atoms with Gasteiger partial charge < -0.3 is 20.7 Å². The van der Waals surface area contributed by atoms with Gasteiger partial charge in [0.1, 0.15) is 6.04 Å². The van der Waals surface area contributed by atoms with Crippen LogP contribution in [0.25, 0.3) is 0 Å². The van der Waals surface area contributed by atoms with Gasteiger partial charge in [-0.3, -0.25) is 4.79 Å². The van der Waals surface area contributed by atoms with E-state index in [4.69, 9.17) is 10.5 Å². The normalized spacial score (nSPS) is 19.0. The first-order valence-corrected chi connectivity index (χ1v) is 7.12. The lowest BCUT2D eigenvalue weighted by Crippen LogP contribution is -2.53. The SMILES string of the molecule is CNC(=O)C1COCCN1c1ccc(CN)c(Br)c1F. The molecule has 1 unspecified atom stereocenters. The molecule has 1 heterocycles. The summed E-state index contributed by atoms with van der Waals surface area (Å²) in [5, 5.41) is 2.58. The highest BCUT2D eigenvalue weighted by Gasteiger charge is 2.31. The predicted octanol–water partition coefficient (Wildman–Crippen LogP) is 0.998. The van der Waals surface area contributed by atoms with Crippen molar-refractivity contribution in [1.29, 1.82) is 0 Å². The number of hydrogen-bond donors (Lipinski definition) is 2. The Morgan fingerprint density at radius 2 is 2.40 bits per heavy atom. The lowest BCUT2D eigenvalue weighted by atomic mass is 10.1. The molecule has 1 saturated heterocycles. The van der Waals surface area contributed by atoms with Crippen molar-refractivity contribution in [2.45, 2.75) is 12.6 Å². The van der Waals surface area contributed by atoms with E-state index in [2.05, 4.69) is 21.2 Å². The second-order valence-electron chi connectivity index (χ2n) is 4.47. The second kappa shape index (κ2) is 6.51. The highest BCUT2D eigenvalue weighted by molar-refractivity contribution is 9.10. The fourth-order valence-electron chi connectivity index (χ4n) is 2.23. The minimum Gasteiger partial charge on any atom is -0.377 e. The maximum absolute atomic E-state index is 14.5. The molecule has 0 saturated carbocycles. The lowest BCUT2D eigenvalue weighted by molar-refractivity contribution is -0.124. The molecule has 7 heteroatoms. The van der Waals surface area contributed by atoms with E-state index in [1.165, 1.54) is 0 Å². The van der Waals surface area contributed by atoms with Gasteiger partial charge >= 0.3 is 0 Å². The molecule has 1 atom stereocenters. The number of morpholine rings is 1. The first-order chi connectivity index (χ1) is 9.60. The fourth-order valence-corrected chi connectivity index (χ4v) is 2.73. The van der Waals surface area contributed by atoms with Crippen LogP contribution >= 0.6 is 15.9 Å². The van der Waals surface area contributed by atoms with Crippen molar-refractivity contribution < 1.29 is 13.9 Å². The van der Waals surface area contributed by atoms with Crippen molar-refractivity contribution in [1.82, 2.24) is 5.32 Å². The first kappa shape index (κ1) is 15.2. The van der Waals surface area contributed by atoms with Crippen LogP contribution in [0.3, 0.4) is 0 Å². The molecule has 1 aliphatic heterocycles. The van der Waals surface area contributed by atoms with E-state index in [9.17, 15) is 9.18 Å². The van der Waals surface area contributed by atoms with E-state index in [0.29, 0.717) is 28.9 Å². The average molecular weight is 346 g/mol. The Bertz CT molecular complexity index is 513. The standard InChI is InChI=1S/C13H17BrFN3O2/c1-17-13(19)10-7-20-5-4-18(10)9-3-2-8(6-16)11(14)12(9)15/h2-3,10H,4-7,16H2,1H3,(H,17,19). The molecule has 1 amide bonds. The third kappa shape index (κ3) is 2.79. The van der Waals surface area contributed by atoms with Gasteiger partial charge in [-0.1, -0.05) is 6.07 Å². The summed E-state index contributed by atoms with van der Waals surface area (Å²) in [7, 11) is 1.55. The number of likely N-dealkylation sites (N-methyl/N-ethyl adjacent to an activating group) is 1. The number of ether oxygens (including phenoxy) is 1. The van der Waals surface area contributed by atoms with Gasteiger partial charge in [0.05, 0.1) is 23.4 Å². The molecular weight excluding hydrogens is 329 g/mol. The summed E-state index contributed by atoms with van der Waals surface area (Å²) >= 11 is 3.22. The smallest absolute Gasteiger partial charge is 0.244 e. The van der Waals surface area contributed by atoms with Gasteiger partial charge in [0.25, 0.3) is 0 Å². The number of benzene rings is 1. The van der Waals surface area contributed by atoms with E-state index >= 15 is 0 Å². The van der Waals surface area contributed by atoms with Crippen molar-refractivity contribution in [3.05, 3.63) is 28.0 Å². The van der Waals surface area contributed by atoms with Crippen LogP contribution < -0.4 is 16.0 Å². The molecule has 5 nitrogen and oxygen atoms in total. The number of halogens is 2. The highest BCUT2D eigenvalue weighted by atomic mass is 79.9. The Morgan fingerprint density at radius 1 is 1.65 bits per heavy atom. The molecule has 110 valence electrons. The zero-order valence-electron chi connectivity index (χ0n) is 11.2. The molecule has 2 rings (SSSR count). The van der Waals surface area contributed by atoms with Crippen LogP contribution in [0.1, 0.15) is 5.56 Å². The van der Waals surface area contributed by atoms with Crippen LogP contribution in [0, 0.1) is 5.82 Å². The number of hydrogen-bond acceptors (Lipinski definition) is 4. The number of anilines is 1. The largest absolute Gasteiger partial charge is 0.377 e. The Hall–Kier alpha value is -1.18. The summed E-state index contributed by atoms with van der Waals surface area (Å²) in [6, 6.07) is 2.89. The summed E-state index contributed by atoms with van der Waals surface area (Å²) in [5.41, 5.74) is 6.62. The van der Waals surface area contributed by atoms with E-state index in [0.717, 1.165) is 0 Å². The molecule has 0 aromatic heterocycles. The molecule has 1 aliphatic rings. The van der Waals surface area contributed by atoms with Crippen molar-refractivity contribution in [3.63, 3.8) is 0 Å². The Labute approximate surface area is 125 Å². The number of rotatable bonds is 3. The topological polar surface area (TPSA) is 67.6 Å². The first-order valence-electron chi connectivity index (χ1n) is 6.33.